The molecule has 2 rings (SSSR count). The normalized spacial score (nSPS) is 17.5. The molecule has 1 saturated heterocycles. The van der Waals surface area contributed by atoms with Crippen LogP contribution in [0.5, 0.6) is 0 Å². The molecule has 0 radical (unpaired) electrons. The summed E-state index contributed by atoms with van der Waals surface area (Å²) < 4.78 is 57.9. The van der Waals surface area contributed by atoms with Gasteiger partial charge in [-0.2, -0.15) is 4.31 Å². The first-order valence-electron chi connectivity index (χ1n) is 7.08. The largest absolute Gasteiger partial charge is 0.377 e. The molecule has 1 aliphatic heterocycles. The van der Waals surface area contributed by atoms with Crippen LogP contribution in [0.25, 0.3) is 0 Å². The van der Waals surface area contributed by atoms with Crippen LogP contribution in [-0.4, -0.2) is 39.0 Å². The zero-order valence-corrected chi connectivity index (χ0v) is 13.0. The summed E-state index contributed by atoms with van der Waals surface area (Å²) in [6, 6.07) is 2.34. The molecule has 1 aliphatic rings. The van der Waals surface area contributed by atoms with Crippen molar-refractivity contribution in [3.8, 4) is 0 Å². The molecule has 4 nitrogen and oxygen atoms in total. The summed E-state index contributed by atoms with van der Waals surface area (Å²) in [7, 11) is -3.86. The van der Waals surface area contributed by atoms with E-state index in [1.54, 1.807) is 6.08 Å². The number of hydrogen-bond donors (Lipinski definition) is 0. The highest BCUT2D eigenvalue weighted by molar-refractivity contribution is 7.89. The van der Waals surface area contributed by atoms with Gasteiger partial charge in [-0.05, 0) is 30.9 Å². The van der Waals surface area contributed by atoms with Gasteiger partial charge in [0.15, 0.2) is 0 Å². The summed E-state index contributed by atoms with van der Waals surface area (Å²) in [6.07, 6.45) is 2.99. The lowest BCUT2D eigenvalue weighted by Gasteiger charge is -2.31. The van der Waals surface area contributed by atoms with Crippen LogP contribution >= 0.6 is 0 Å². The maximum absolute atomic E-state index is 13.2. The van der Waals surface area contributed by atoms with E-state index in [1.165, 1.54) is 4.31 Å². The molecular formula is C15H19F2NO3S. The van der Waals surface area contributed by atoms with Gasteiger partial charge in [-0.1, -0.05) is 6.08 Å². The maximum Gasteiger partial charge on any atom is 0.243 e. The van der Waals surface area contributed by atoms with E-state index in [-0.39, 0.29) is 10.8 Å². The molecule has 0 unspecified atom stereocenters. The summed E-state index contributed by atoms with van der Waals surface area (Å²) in [5, 5.41) is 0. The lowest BCUT2D eigenvalue weighted by molar-refractivity contribution is 0.0982. The second-order valence-corrected chi connectivity index (χ2v) is 7.22. The Morgan fingerprint density at radius 3 is 2.36 bits per heavy atom. The Bertz CT molecular complexity index is 605. The topological polar surface area (TPSA) is 46.6 Å². The van der Waals surface area contributed by atoms with Crippen LogP contribution in [-0.2, 0) is 14.8 Å². The third-order valence-electron chi connectivity index (χ3n) is 3.64. The van der Waals surface area contributed by atoms with Crippen LogP contribution in [0.2, 0.25) is 0 Å². The third kappa shape index (κ3) is 4.12. The molecule has 0 bridgehead atoms. The number of piperidine rings is 1. The molecule has 7 heteroatoms. The number of benzene rings is 1. The van der Waals surface area contributed by atoms with E-state index in [0.29, 0.717) is 45.2 Å². The average molecular weight is 331 g/mol. The number of ether oxygens (including phenoxy) is 1. The van der Waals surface area contributed by atoms with Gasteiger partial charge in [0, 0.05) is 25.8 Å². The van der Waals surface area contributed by atoms with Gasteiger partial charge in [-0.3, -0.25) is 0 Å². The molecule has 1 heterocycles. The molecule has 1 fully saturated rings. The molecule has 0 saturated carbocycles. The Balaban J connectivity index is 2.01. The van der Waals surface area contributed by atoms with E-state index in [2.05, 4.69) is 6.58 Å². The van der Waals surface area contributed by atoms with Crippen molar-refractivity contribution in [2.24, 2.45) is 5.92 Å². The molecule has 0 aromatic heterocycles. The predicted octanol–water partition coefficient (Wildman–Crippen LogP) is 2.57. The zero-order valence-electron chi connectivity index (χ0n) is 12.2. The minimum atomic E-state index is -3.86. The van der Waals surface area contributed by atoms with Gasteiger partial charge >= 0.3 is 0 Å². The summed E-state index contributed by atoms with van der Waals surface area (Å²) in [5.41, 5.74) is 0. The fourth-order valence-electron chi connectivity index (χ4n) is 2.46. The predicted molar refractivity (Wildman–Crippen MR) is 78.9 cm³/mol. The molecule has 0 aliphatic carbocycles. The van der Waals surface area contributed by atoms with Crippen LogP contribution in [0.15, 0.2) is 35.7 Å². The Kier molecular flexibility index (Phi) is 5.66. The van der Waals surface area contributed by atoms with Crippen molar-refractivity contribution in [2.45, 2.75) is 17.7 Å². The molecule has 0 amide bonds. The summed E-state index contributed by atoms with van der Waals surface area (Å²) in [4.78, 5) is -0.341. The summed E-state index contributed by atoms with van der Waals surface area (Å²) in [6.45, 7) is 5.24. The van der Waals surface area contributed by atoms with Crippen molar-refractivity contribution in [3.63, 3.8) is 0 Å². The van der Waals surface area contributed by atoms with Gasteiger partial charge in [0.25, 0.3) is 0 Å². The summed E-state index contributed by atoms with van der Waals surface area (Å²) in [5.74, 6) is -1.51. The number of sulfonamides is 1. The number of hydrogen-bond acceptors (Lipinski definition) is 3. The zero-order chi connectivity index (χ0) is 16.2. The van der Waals surface area contributed by atoms with Crippen molar-refractivity contribution in [1.82, 2.24) is 4.31 Å². The van der Waals surface area contributed by atoms with Crippen molar-refractivity contribution >= 4 is 10.0 Å². The molecule has 1 aromatic carbocycles. The van der Waals surface area contributed by atoms with Gasteiger partial charge in [-0.25, -0.2) is 17.2 Å². The molecule has 22 heavy (non-hydrogen) atoms. The third-order valence-corrected chi connectivity index (χ3v) is 5.51. The first-order chi connectivity index (χ1) is 10.4. The standard InChI is InChI=1S/C15H19F2NO3S/c1-2-7-21-11-12-3-5-18(6-4-12)22(19,20)15-9-13(16)8-14(17)10-15/h2,8-10,12H,1,3-7,11H2. The SMILES string of the molecule is C=CCOCC1CCN(S(=O)(=O)c2cc(F)cc(F)c2)CC1. The maximum atomic E-state index is 13.2. The van der Waals surface area contributed by atoms with Gasteiger partial charge in [0.05, 0.1) is 11.5 Å². The Hall–Kier alpha value is -1.31. The minimum absolute atomic E-state index is 0.288. The fourth-order valence-corrected chi connectivity index (χ4v) is 3.97. The van der Waals surface area contributed by atoms with E-state index in [4.69, 9.17) is 4.74 Å². The van der Waals surface area contributed by atoms with Gasteiger partial charge < -0.3 is 4.74 Å². The van der Waals surface area contributed by atoms with Crippen molar-refractivity contribution < 1.29 is 21.9 Å². The molecular weight excluding hydrogens is 312 g/mol. The average Bonchev–Trinajstić information content (AvgIpc) is 2.47. The quantitative estimate of drug-likeness (QED) is 0.594. The van der Waals surface area contributed by atoms with E-state index in [9.17, 15) is 17.2 Å². The molecule has 0 atom stereocenters. The van der Waals surface area contributed by atoms with E-state index in [0.717, 1.165) is 12.1 Å². The van der Waals surface area contributed by atoms with Gasteiger partial charge in [-0.15, -0.1) is 6.58 Å². The van der Waals surface area contributed by atoms with Gasteiger partial charge in [0.2, 0.25) is 10.0 Å². The van der Waals surface area contributed by atoms with Crippen LogP contribution in [0.3, 0.4) is 0 Å². The lowest BCUT2D eigenvalue weighted by Crippen LogP contribution is -2.39. The van der Waals surface area contributed by atoms with Crippen LogP contribution < -0.4 is 0 Å². The smallest absolute Gasteiger partial charge is 0.243 e. The van der Waals surface area contributed by atoms with E-state index >= 15 is 0 Å². The van der Waals surface area contributed by atoms with Crippen molar-refractivity contribution in [3.05, 3.63) is 42.5 Å². The molecule has 0 N–H and O–H groups in total. The Morgan fingerprint density at radius 1 is 1.23 bits per heavy atom. The monoisotopic (exact) mass is 331 g/mol. The van der Waals surface area contributed by atoms with Crippen LogP contribution in [0.4, 0.5) is 8.78 Å². The van der Waals surface area contributed by atoms with Crippen molar-refractivity contribution in [1.29, 1.82) is 0 Å². The first-order valence-corrected chi connectivity index (χ1v) is 8.52. The number of nitrogens with zero attached hydrogens (tertiary/aromatic N) is 1. The number of rotatable bonds is 6. The number of halogens is 2. The molecule has 1 aromatic rings. The second-order valence-electron chi connectivity index (χ2n) is 5.28. The lowest BCUT2D eigenvalue weighted by atomic mass is 9.99. The molecule has 122 valence electrons. The molecule has 0 spiro atoms. The first kappa shape index (κ1) is 17.1. The van der Waals surface area contributed by atoms with Crippen LogP contribution in [0.1, 0.15) is 12.8 Å². The van der Waals surface area contributed by atoms with Crippen LogP contribution in [0, 0.1) is 17.6 Å². The highest BCUT2D eigenvalue weighted by atomic mass is 32.2. The Morgan fingerprint density at radius 2 is 1.82 bits per heavy atom. The fraction of sp³-hybridized carbons (Fsp3) is 0.467. The van der Waals surface area contributed by atoms with E-state index in [1.807, 2.05) is 0 Å². The second kappa shape index (κ2) is 7.30. The highest BCUT2D eigenvalue weighted by Crippen LogP contribution is 2.25. The van der Waals surface area contributed by atoms with E-state index < -0.39 is 21.7 Å². The Labute approximate surface area is 129 Å². The summed E-state index contributed by atoms with van der Waals surface area (Å²) >= 11 is 0. The minimum Gasteiger partial charge on any atom is -0.377 e. The highest BCUT2D eigenvalue weighted by Gasteiger charge is 2.30. The van der Waals surface area contributed by atoms with Gasteiger partial charge in [0.1, 0.15) is 11.6 Å². The van der Waals surface area contributed by atoms with Crippen molar-refractivity contribution in [2.75, 3.05) is 26.3 Å².